The molecule has 1 aliphatic heterocycles. The molecule has 1 saturated carbocycles. The lowest BCUT2D eigenvalue weighted by Gasteiger charge is -2.24. The van der Waals surface area contributed by atoms with Crippen molar-refractivity contribution in [2.75, 3.05) is 6.54 Å². The first kappa shape index (κ1) is 11.2. The summed E-state index contributed by atoms with van der Waals surface area (Å²) in [5.41, 5.74) is 1.16. The first-order chi connectivity index (χ1) is 9.31. The van der Waals surface area contributed by atoms with Gasteiger partial charge in [-0.1, -0.05) is 0 Å². The summed E-state index contributed by atoms with van der Waals surface area (Å²) in [4.78, 5) is 0. The lowest BCUT2D eigenvalue weighted by Crippen LogP contribution is -2.34. The van der Waals surface area contributed by atoms with E-state index in [1.807, 2.05) is 24.1 Å². The van der Waals surface area contributed by atoms with E-state index in [1.165, 1.54) is 12.8 Å². The summed E-state index contributed by atoms with van der Waals surface area (Å²) < 4.78 is 4.13. The molecule has 4 rings (SSSR count). The number of nitrogens with zero attached hydrogens (tertiary/aromatic N) is 5. The Morgan fingerprint density at radius 1 is 1.37 bits per heavy atom. The van der Waals surface area contributed by atoms with E-state index < -0.39 is 0 Å². The largest absolute Gasteiger partial charge is 0.312 e. The van der Waals surface area contributed by atoms with Gasteiger partial charge in [-0.15, -0.1) is 10.2 Å². The molecule has 2 aromatic heterocycles. The molecule has 1 atom stereocenters. The zero-order chi connectivity index (χ0) is 12.8. The van der Waals surface area contributed by atoms with E-state index in [0.29, 0.717) is 0 Å². The fourth-order valence-electron chi connectivity index (χ4n) is 2.81. The van der Waals surface area contributed by atoms with Gasteiger partial charge < -0.3 is 9.88 Å². The van der Waals surface area contributed by atoms with Crippen LogP contribution in [0.2, 0.25) is 0 Å². The molecule has 0 spiro atoms. The predicted molar refractivity (Wildman–Crippen MR) is 69.5 cm³/mol. The molecular weight excluding hydrogens is 240 g/mol. The van der Waals surface area contributed by atoms with Crippen LogP contribution in [0.25, 0.3) is 0 Å². The molecular formula is C13H18N6. The van der Waals surface area contributed by atoms with Crippen molar-refractivity contribution in [3.05, 3.63) is 29.6 Å². The Morgan fingerprint density at radius 2 is 2.26 bits per heavy atom. The van der Waals surface area contributed by atoms with Crippen LogP contribution in [0.4, 0.5) is 0 Å². The maximum atomic E-state index is 4.42. The fraction of sp³-hybridized carbons (Fsp3) is 0.615. The zero-order valence-electron chi connectivity index (χ0n) is 11.1. The summed E-state index contributed by atoms with van der Waals surface area (Å²) in [5.74, 6) is 3.04. The third kappa shape index (κ3) is 1.96. The minimum Gasteiger partial charge on any atom is -0.312 e. The van der Waals surface area contributed by atoms with Crippen LogP contribution >= 0.6 is 0 Å². The molecule has 0 saturated heterocycles. The minimum absolute atomic E-state index is 0.128. The molecule has 6 nitrogen and oxygen atoms in total. The average molecular weight is 258 g/mol. The van der Waals surface area contributed by atoms with Crippen LogP contribution < -0.4 is 5.32 Å². The van der Waals surface area contributed by atoms with Gasteiger partial charge in [0.05, 0.1) is 12.2 Å². The van der Waals surface area contributed by atoms with Gasteiger partial charge in [-0.05, 0) is 18.8 Å². The van der Waals surface area contributed by atoms with Crippen LogP contribution in [0.3, 0.4) is 0 Å². The van der Waals surface area contributed by atoms with E-state index in [0.717, 1.165) is 42.6 Å². The quantitative estimate of drug-likeness (QED) is 0.878. The Bertz CT molecular complexity index is 594. The smallest absolute Gasteiger partial charge is 0.154 e. The molecule has 0 radical (unpaired) electrons. The van der Waals surface area contributed by atoms with Crippen LogP contribution in [0.5, 0.6) is 0 Å². The van der Waals surface area contributed by atoms with Crippen molar-refractivity contribution in [1.29, 1.82) is 0 Å². The SMILES string of the molecule is Cn1cc(C2NCCn3c(CC4CC4)nnc32)cn1. The second-order valence-corrected chi connectivity index (χ2v) is 5.61. The summed E-state index contributed by atoms with van der Waals surface area (Å²) >= 11 is 0. The topological polar surface area (TPSA) is 60.6 Å². The second kappa shape index (κ2) is 4.16. The van der Waals surface area contributed by atoms with Gasteiger partial charge in [0, 0.05) is 38.3 Å². The number of hydrogen-bond donors (Lipinski definition) is 1. The van der Waals surface area contributed by atoms with Crippen molar-refractivity contribution in [3.63, 3.8) is 0 Å². The Kier molecular flexibility index (Phi) is 2.44. The van der Waals surface area contributed by atoms with Crippen molar-refractivity contribution in [2.45, 2.75) is 31.8 Å². The van der Waals surface area contributed by atoms with E-state index >= 15 is 0 Å². The number of aromatic nitrogens is 5. The highest BCUT2D eigenvalue weighted by Crippen LogP contribution is 2.33. The van der Waals surface area contributed by atoms with Crippen molar-refractivity contribution < 1.29 is 0 Å². The van der Waals surface area contributed by atoms with Crippen molar-refractivity contribution in [1.82, 2.24) is 29.9 Å². The third-order valence-corrected chi connectivity index (χ3v) is 4.02. The summed E-state index contributed by atoms with van der Waals surface area (Å²) in [5, 5.41) is 16.6. The monoisotopic (exact) mass is 258 g/mol. The number of nitrogens with one attached hydrogen (secondary N) is 1. The van der Waals surface area contributed by atoms with Crippen LogP contribution in [0.15, 0.2) is 12.4 Å². The van der Waals surface area contributed by atoms with E-state index in [-0.39, 0.29) is 6.04 Å². The Labute approximate surface area is 111 Å². The van der Waals surface area contributed by atoms with Gasteiger partial charge in [-0.2, -0.15) is 5.10 Å². The second-order valence-electron chi connectivity index (χ2n) is 5.61. The summed E-state index contributed by atoms with van der Waals surface area (Å²) in [6.45, 7) is 1.93. The maximum Gasteiger partial charge on any atom is 0.154 e. The lowest BCUT2D eigenvalue weighted by atomic mass is 10.1. The number of hydrogen-bond acceptors (Lipinski definition) is 4. The summed E-state index contributed by atoms with van der Waals surface area (Å²) in [6, 6.07) is 0.128. The molecule has 2 aromatic rings. The zero-order valence-corrected chi connectivity index (χ0v) is 11.1. The number of aryl methyl sites for hydroxylation is 1. The molecule has 100 valence electrons. The molecule has 0 aromatic carbocycles. The average Bonchev–Trinajstić information content (AvgIpc) is 2.98. The number of fused-ring (bicyclic) bond motifs is 1. The van der Waals surface area contributed by atoms with Gasteiger partial charge in [0.2, 0.25) is 0 Å². The van der Waals surface area contributed by atoms with Gasteiger partial charge in [0.15, 0.2) is 5.82 Å². The molecule has 1 aliphatic carbocycles. The van der Waals surface area contributed by atoms with Crippen molar-refractivity contribution >= 4 is 0 Å². The molecule has 3 heterocycles. The van der Waals surface area contributed by atoms with E-state index in [2.05, 4.69) is 25.2 Å². The highest BCUT2D eigenvalue weighted by atomic mass is 15.3. The van der Waals surface area contributed by atoms with Crippen molar-refractivity contribution in [3.8, 4) is 0 Å². The Balaban J connectivity index is 1.68. The van der Waals surface area contributed by atoms with Crippen LogP contribution in [0.1, 0.15) is 36.1 Å². The van der Waals surface area contributed by atoms with Crippen LogP contribution in [-0.4, -0.2) is 31.1 Å². The Hall–Kier alpha value is -1.69. The molecule has 2 aliphatic rings. The maximum absolute atomic E-state index is 4.42. The minimum atomic E-state index is 0.128. The Morgan fingerprint density at radius 3 is 3.00 bits per heavy atom. The molecule has 1 N–H and O–H groups in total. The van der Waals surface area contributed by atoms with Crippen LogP contribution in [-0.2, 0) is 20.0 Å². The fourth-order valence-corrected chi connectivity index (χ4v) is 2.81. The lowest BCUT2D eigenvalue weighted by molar-refractivity contribution is 0.445. The molecule has 1 unspecified atom stereocenters. The molecule has 0 bridgehead atoms. The van der Waals surface area contributed by atoms with Gasteiger partial charge in [-0.25, -0.2) is 0 Å². The summed E-state index contributed by atoms with van der Waals surface area (Å²) in [7, 11) is 1.94. The predicted octanol–water partition coefficient (Wildman–Crippen LogP) is 0.657. The van der Waals surface area contributed by atoms with Gasteiger partial charge >= 0.3 is 0 Å². The summed E-state index contributed by atoms with van der Waals surface area (Å²) in [6.07, 6.45) is 7.75. The first-order valence-electron chi connectivity index (χ1n) is 6.95. The van der Waals surface area contributed by atoms with E-state index in [4.69, 9.17) is 0 Å². The molecule has 1 fully saturated rings. The van der Waals surface area contributed by atoms with Gasteiger partial charge in [0.25, 0.3) is 0 Å². The molecule has 19 heavy (non-hydrogen) atoms. The third-order valence-electron chi connectivity index (χ3n) is 4.02. The van der Waals surface area contributed by atoms with Gasteiger partial charge in [-0.3, -0.25) is 4.68 Å². The van der Waals surface area contributed by atoms with Crippen molar-refractivity contribution in [2.24, 2.45) is 13.0 Å². The van der Waals surface area contributed by atoms with E-state index in [1.54, 1.807) is 0 Å². The molecule has 0 amide bonds. The highest BCUT2D eigenvalue weighted by molar-refractivity contribution is 5.22. The molecule has 6 heteroatoms. The van der Waals surface area contributed by atoms with Crippen LogP contribution in [0, 0.1) is 5.92 Å². The highest BCUT2D eigenvalue weighted by Gasteiger charge is 2.30. The number of rotatable bonds is 3. The van der Waals surface area contributed by atoms with E-state index in [9.17, 15) is 0 Å². The normalized spacial score (nSPS) is 22.5. The standard InChI is InChI=1S/C13H18N6/c1-18-8-10(7-15-18)12-13-17-16-11(6-9-2-3-9)19(13)5-4-14-12/h7-9,12,14H,2-6H2,1H3. The first-order valence-corrected chi connectivity index (χ1v) is 6.95. The van der Waals surface area contributed by atoms with Gasteiger partial charge in [0.1, 0.15) is 5.82 Å².